The average molecular weight is 480 g/mol. The summed E-state index contributed by atoms with van der Waals surface area (Å²) < 4.78 is 32.6. The lowest BCUT2D eigenvalue weighted by Crippen LogP contribution is -2.27. The molecule has 4 aromatic rings. The Hall–Kier alpha value is -3.89. The second kappa shape index (κ2) is 10.6. The lowest BCUT2D eigenvalue weighted by atomic mass is 10.1. The van der Waals surface area contributed by atoms with Crippen molar-refractivity contribution in [2.45, 2.75) is 26.7 Å². The van der Waals surface area contributed by atoms with Gasteiger partial charge in [0.2, 0.25) is 5.95 Å². The second-order valence-electron chi connectivity index (χ2n) is 7.56. The number of halogens is 1. The highest BCUT2D eigenvalue weighted by atomic mass is 19.1. The van der Waals surface area contributed by atoms with Crippen LogP contribution in [-0.2, 0) is 16.0 Å². The molecule has 4 rings (SSSR count). The van der Waals surface area contributed by atoms with Gasteiger partial charge in [-0.1, -0.05) is 6.07 Å². The molecule has 0 atom stereocenters. The zero-order chi connectivity index (χ0) is 24.9. The molecule has 182 valence electrons. The van der Waals surface area contributed by atoms with Gasteiger partial charge in [0.05, 0.1) is 18.2 Å². The predicted octanol–water partition coefficient (Wildman–Crippen LogP) is 3.39. The summed E-state index contributed by atoms with van der Waals surface area (Å²) >= 11 is 0. The Bertz CT molecular complexity index is 1430. The van der Waals surface area contributed by atoms with Crippen LogP contribution >= 0.6 is 0 Å². The van der Waals surface area contributed by atoms with Gasteiger partial charge in [-0.3, -0.25) is 14.0 Å². The number of carbonyl (C=O) groups is 1. The molecule has 0 bridgehead atoms. The van der Waals surface area contributed by atoms with Crippen molar-refractivity contribution in [3.8, 4) is 5.75 Å². The number of ether oxygens (including phenoxy) is 3. The predicted molar refractivity (Wildman–Crippen MR) is 127 cm³/mol. The van der Waals surface area contributed by atoms with E-state index in [1.54, 1.807) is 56.4 Å². The Kier molecular flexibility index (Phi) is 7.33. The molecule has 35 heavy (non-hydrogen) atoms. The maximum absolute atomic E-state index is 14.7. The SMILES string of the molecule is CCOC(OCC)c1cc2cc(CNC(=O)c3cc(=O)n4ccccc4n3)c(OC)cc2nc1F. The van der Waals surface area contributed by atoms with Crippen molar-refractivity contribution in [2.24, 2.45) is 0 Å². The molecule has 10 heteroatoms. The topological polar surface area (TPSA) is 104 Å². The first kappa shape index (κ1) is 24.2. The van der Waals surface area contributed by atoms with Crippen LogP contribution < -0.4 is 15.6 Å². The molecule has 0 saturated heterocycles. The van der Waals surface area contributed by atoms with Crippen molar-refractivity contribution >= 4 is 22.5 Å². The van der Waals surface area contributed by atoms with Gasteiger partial charge in [0.25, 0.3) is 11.5 Å². The molecule has 0 radical (unpaired) electrons. The van der Waals surface area contributed by atoms with E-state index < -0.39 is 18.1 Å². The molecule has 9 nitrogen and oxygen atoms in total. The van der Waals surface area contributed by atoms with Crippen LogP contribution in [0.3, 0.4) is 0 Å². The van der Waals surface area contributed by atoms with E-state index in [0.717, 1.165) is 0 Å². The van der Waals surface area contributed by atoms with Crippen molar-refractivity contribution in [2.75, 3.05) is 20.3 Å². The van der Waals surface area contributed by atoms with E-state index in [2.05, 4.69) is 15.3 Å². The fraction of sp³-hybridized carbons (Fsp3) is 0.280. The third-order valence-corrected chi connectivity index (χ3v) is 5.33. The fourth-order valence-electron chi connectivity index (χ4n) is 3.70. The highest BCUT2D eigenvalue weighted by molar-refractivity contribution is 5.92. The van der Waals surface area contributed by atoms with Gasteiger partial charge in [-0.15, -0.1) is 0 Å². The van der Waals surface area contributed by atoms with Gasteiger partial charge in [-0.25, -0.2) is 9.97 Å². The van der Waals surface area contributed by atoms with Gasteiger partial charge < -0.3 is 19.5 Å². The summed E-state index contributed by atoms with van der Waals surface area (Å²) in [5.74, 6) is -0.780. The molecule has 0 fully saturated rings. The summed E-state index contributed by atoms with van der Waals surface area (Å²) in [7, 11) is 1.48. The van der Waals surface area contributed by atoms with Gasteiger partial charge in [0, 0.05) is 49.0 Å². The first-order valence-electron chi connectivity index (χ1n) is 11.1. The Balaban J connectivity index is 1.63. The van der Waals surface area contributed by atoms with Crippen molar-refractivity contribution in [1.29, 1.82) is 0 Å². The molecule has 0 spiro atoms. The number of carbonyl (C=O) groups excluding carboxylic acids is 1. The lowest BCUT2D eigenvalue weighted by molar-refractivity contribution is -0.142. The maximum Gasteiger partial charge on any atom is 0.270 e. The van der Waals surface area contributed by atoms with E-state index >= 15 is 0 Å². The van der Waals surface area contributed by atoms with Gasteiger partial charge in [0.1, 0.15) is 17.1 Å². The van der Waals surface area contributed by atoms with Gasteiger partial charge in [-0.2, -0.15) is 4.39 Å². The number of hydrogen-bond acceptors (Lipinski definition) is 7. The van der Waals surface area contributed by atoms with Gasteiger partial charge in [-0.05, 0) is 38.1 Å². The van der Waals surface area contributed by atoms with Gasteiger partial charge in [0.15, 0.2) is 6.29 Å². The first-order chi connectivity index (χ1) is 16.9. The molecular weight excluding hydrogens is 455 g/mol. The van der Waals surface area contributed by atoms with Crippen molar-refractivity contribution in [3.63, 3.8) is 0 Å². The third kappa shape index (κ3) is 5.13. The monoisotopic (exact) mass is 480 g/mol. The van der Waals surface area contributed by atoms with Gasteiger partial charge >= 0.3 is 0 Å². The average Bonchev–Trinajstić information content (AvgIpc) is 2.86. The lowest BCUT2D eigenvalue weighted by Gasteiger charge is -2.18. The molecule has 0 aliphatic carbocycles. The van der Waals surface area contributed by atoms with Crippen LogP contribution in [0.25, 0.3) is 16.6 Å². The molecule has 0 unspecified atom stereocenters. The first-order valence-corrected chi connectivity index (χ1v) is 11.1. The van der Waals surface area contributed by atoms with Crippen LogP contribution in [0.2, 0.25) is 0 Å². The highest BCUT2D eigenvalue weighted by Crippen LogP contribution is 2.29. The van der Waals surface area contributed by atoms with Crippen LogP contribution in [0.1, 0.15) is 41.8 Å². The minimum absolute atomic E-state index is 0.00301. The van der Waals surface area contributed by atoms with Crippen molar-refractivity contribution in [1.82, 2.24) is 19.7 Å². The largest absolute Gasteiger partial charge is 0.496 e. The molecule has 0 aliphatic rings. The van der Waals surface area contributed by atoms with Crippen LogP contribution in [-0.4, -0.2) is 40.6 Å². The Morgan fingerprint density at radius 2 is 1.89 bits per heavy atom. The normalized spacial score (nSPS) is 11.3. The number of aromatic nitrogens is 3. The second-order valence-corrected chi connectivity index (χ2v) is 7.56. The molecule has 0 aliphatic heterocycles. The Morgan fingerprint density at radius 1 is 1.11 bits per heavy atom. The van der Waals surface area contributed by atoms with Crippen molar-refractivity contribution in [3.05, 3.63) is 81.8 Å². The quantitative estimate of drug-likeness (QED) is 0.289. The maximum atomic E-state index is 14.7. The molecule has 0 saturated carbocycles. The molecule has 3 heterocycles. The number of hydrogen-bond donors (Lipinski definition) is 1. The van der Waals surface area contributed by atoms with E-state index in [4.69, 9.17) is 14.2 Å². The molecule has 1 N–H and O–H groups in total. The smallest absolute Gasteiger partial charge is 0.270 e. The summed E-state index contributed by atoms with van der Waals surface area (Å²) in [6.07, 6.45) is 0.698. The fourth-order valence-corrected chi connectivity index (χ4v) is 3.70. The molecule has 3 aromatic heterocycles. The minimum Gasteiger partial charge on any atom is -0.496 e. The standard InChI is InChI=1S/C25H25FN4O5/c1-4-34-25(35-5-2)17-11-15-10-16(20(33-3)12-18(15)29-23(17)26)14-27-24(32)19-13-22(31)30-9-7-6-8-21(30)28-19/h6-13,25H,4-5,14H2,1-3H3,(H,27,32). The number of methoxy groups -OCH3 is 1. The number of benzene rings is 1. The van der Waals surface area contributed by atoms with E-state index in [9.17, 15) is 14.0 Å². The van der Waals surface area contributed by atoms with Crippen molar-refractivity contribution < 1.29 is 23.4 Å². The number of nitrogens with one attached hydrogen (secondary N) is 1. The Morgan fingerprint density at radius 3 is 2.60 bits per heavy atom. The number of rotatable bonds is 9. The van der Waals surface area contributed by atoms with E-state index in [0.29, 0.717) is 41.1 Å². The number of pyridine rings is 2. The molecular formula is C25H25FN4O5. The van der Waals surface area contributed by atoms with Crippen LogP contribution in [0.5, 0.6) is 5.75 Å². The summed E-state index contributed by atoms with van der Waals surface area (Å²) in [6, 6.07) is 11.2. The Labute approximate surface area is 200 Å². The van der Waals surface area contributed by atoms with Crippen LogP contribution in [0.15, 0.2) is 53.5 Å². The number of nitrogens with zero attached hydrogens (tertiary/aromatic N) is 3. The summed E-state index contributed by atoms with van der Waals surface area (Å²) in [5.41, 5.74) is 1.21. The van der Waals surface area contributed by atoms with E-state index in [1.165, 1.54) is 17.6 Å². The van der Waals surface area contributed by atoms with E-state index in [1.807, 2.05) is 0 Å². The third-order valence-electron chi connectivity index (χ3n) is 5.33. The number of fused-ring (bicyclic) bond motifs is 2. The summed E-state index contributed by atoms with van der Waals surface area (Å²) in [5, 5.41) is 3.39. The summed E-state index contributed by atoms with van der Waals surface area (Å²) in [4.78, 5) is 33.4. The zero-order valence-corrected chi connectivity index (χ0v) is 19.6. The van der Waals surface area contributed by atoms with Crippen LogP contribution in [0, 0.1) is 5.95 Å². The zero-order valence-electron chi connectivity index (χ0n) is 19.6. The van der Waals surface area contributed by atoms with E-state index in [-0.39, 0.29) is 23.4 Å². The number of amides is 1. The van der Waals surface area contributed by atoms with Crippen LogP contribution in [0.4, 0.5) is 4.39 Å². The highest BCUT2D eigenvalue weighted by Gasteiger charge is 2.20. The molecule has 1 aromatic carbocycles. The molecule has 1 amide bonds. The minimum atomic E-state index is -0.884. The summed E-state index contributed by atoms with van der Waals surface area (Å²) in [6.45, 7) is 4.36.